The summed E-state index contributed by atoms with van der Waals surface area (Å²) in [5.41, 5.74) is 3.33. The van der Waals surface area contributed by atoms with E-state index < -0.39 is 4.92 Å². The lowest BCUT2D eigenvalue weighted by Gasteiger charge is -2.06. The number of carbonyl (C=O) groups excluding carboxylic acids is 1. The molecule has 9 heteroatoms. The second-order valence-corrected chi connectivity index (χ2v) is 6.60. The Morgan fingerprint density at radius 1 is 1.20 bits per heavy atom. The number of nitrogens with zero attached hydrogens (tertiary/aromatic N) is 2. The lowest BCUT2D eigenvalue weighted by atomic mass is 10.2. The van der Waals surface area contributed by atoms with Crippen molar-refractivity contribution in [2.24, 2.45) is 5.10 Å². The molecular weight excluding hydrogens is 385 g/mol. The monoisotopic (exact) mass is 397 g/mol. The Kier molecular flexibility index (Phi) is 7.24. The smallest absolute Gasteiger partial charge is 0.272 e. The van der Waals surface area contributed by atoms with Gasteiger partial charge in [-0.05, 0) is 23.8 Å². The molecule has 0 radical (unpaired) electrons. The molecule has 1 N–H and O–H groups in total. The number of hydrogen-bond acceptors (Lipinski definition) is 5. The number of amides is 1. The summed E-state index contributed by atoms with van der Waals surface area (Å²) in [5, 5.41) is 15.7. The highest BCUT2D eigenvalue weighted by Crippen LogP contribution is 2.28. The van der Waals surface area contributed by atoms with Crippen LogP contribution in [0.4, 0.5) is 5.69 Å². The molecule has 0 atom stereocenters. The number of hydrogen-bond donors (Lipinski definition) is 1. The second kappa shape index (κ2) is 9.41. The molecule has 0 aromatic heterocycles. The largest absolute Gasteiger partial charge is 0.278 e. The molecule has 2 aromatic rings. The van der Waals surface area contributed by atoms with Crippen LogP contribution < -0.4 is 5.43 Å². The number of para-hydroxylation sites is 1. The first-order valence-electron chi connectivity index (χ1n) is 7.05. The summed E-state index contributed by atoms with van der Waals surface area (Å²) in [4.78, 5) is 22.1. The highest BCUT2D eigenvalue weighted by molar-refractivity contribution is 7.99. The number of nitrogens with one attached hydrogen (secondary N) is 1. The minimum atomic E-state index is -0.508. The average molecular weight is 398 g/mol. The van der Waals surface area contributed by atoms with Gasteiger partial charge in [0.15, 0.2) is 0 Å². The van der Waals surface area contributed by atoms with Crippen LogP contribution in [-0.2, 0) is 10.5 Å². The summed E-state index contributed by atoms with van der Waals surface area (Å²) in [6, 6.07) is 11.3. The molecule has 6 nitrogen and oxygen atoms in total. The molecule has 0 unspecified atom stereocenters. The summed E-state index contributed by atoms with van der Waals surface area (Å²) in [6.07, 6.45) is 1.24. The predicted octanol–water partition coefficient (Wildman–Crippen LogP) is 4.29. The molecule has 0 fully saturated rings. The van der Waals surface area contributed by atoms with Gasteiger partial charge < -0.3 is 0 Å². The van der Waals surface area contributed by atoms with Crippen molar-refractivity contribution < 1.29 is 9.72 Å². The third-order valence-electron chi connectivity index (χ3n) is 3.07. The quantitative estimate of drug-likeness (QED) is 0.429. The van der Waals surface area contributed by atoms with E-state index in [-0.39, 0.29) is 17.3 Å². The fourth-order valence-electron chi connectivity index (χ4n) is 1.89. The maximum absolute atomic E-state index is 11.8. The molecule has 0 aliphatic rings. The highest BCUT2D eigenvalue weighted by Gasteiger charge is 2.10. The van der Waals surface area contributed by atoms with E-state index in [4.69, 9.17) is 23.2 Å². The number of nitro groups is 1. The zero-order chi connectivity index (χ0) is 18.2. The second-order valence-electron chi connectivity index (χ2n) is 4.80. The first-order valence-corrected chi connectivity index (χ1v) is 8.96. The van der Waals surface area contributed by atoms with Crippen LogP contribution in [0.3, 0.4) is 0 Å². The molecule has 1 amide bonds. The standard InChI is InChI=1S/C16H13Cl2N3O3S/c17-13-5-3-6-14(18)12(13)9-25-10-16(22)20-19-8-11-4-1-2-7-15(11)21(23)24/h1-8H,9-10H2,(H,20,22)/b19-8-. The van der Waals surface area contributed by atoms with Crippen molar-refractivity contribution in [3.63, 3.8) is 0 Å². The van der Waals surface area contributed by atoms with Gasteiger partial charge in [-0.1, -0.05) is 41.4 Å². The molecule has 0 aliphatic heterocycles. The van der Waals surface area contributed by atoms with Gasteiger partial charge in [-0.15, -0.1) is 11.8 Å². The first kappa shape index (κ1) is 19.2. The summed E-state index contributed by atoms with van der Waals surface area (Å²) >= 11 is 13.5. The van der Waals surface area contributed by atoms with E-state index in [2.05, 4.69) is 10.5 Å². The average Bonchev–Trinajstić information content (AvgIpc) is 2.58. The van der Waals surface area contributed by atoms with Crippen LogP contribution in [0.2, 0.25) is 10.0 Å². The Morgan fingerprint density at radius 2 is 1.88 bits per heavy atom. The highest BCUT2D eigenvalue weighted by atomic mass is 35.5. The summed E-state index contributed by atoms with van der Waals surface area (Å²) in [5.74, 6) is 0.304. The van der Waals surface area contributed by atoms with E-state index >= 15 is 0 Å². The molecule has 130 valence electrons. The van der Waals surface area contributed by atoms with Gasteiger partial charge in [-0.2, -0.15) is 5.10 Å². The van der Waals surface area contributed by atoms with Gasteiger partial charge in [0.25, 0.3) is 5.69 Å². The van der Waals surface area contributed by atoms with Crippen molar-refractivity contribution in [1.29, 1.82) is 0 Å². The van der Waals surface area contributed by atoms with Gasteiger partial charge in [0, 0.05) is 21.9 Å². The third-order valence-corrected chi connectivity index (χ3v) is 4.73. The molecule has 0 heterocycles. The van der Waals surface area contributed by atoms with Crippen molar-refractivity contribution in [2.75, 3.05) is 5.75 Å². The normalized spacial score (nSPS) is 10.8. The van der Waals surface area contributed by atoms with Gasteiger partial charge in [-0.25, -0.2) is 5.43 Å². The molecule has 0 spiro atoms. The predicted molar refractivity (Wildman–Crippen MR) is 101 cm³/mol. The van der Waals surface area contributed by atoms with Gasteiger partial charge in [0.2, 0.25) is 5.91 Å². The van der Waals surface area contributed by atoms with Gasteiger partial charge in [0.1, 0.15) is 0 Å². The van der Waals surface area contributed by atoms with E-state index in [1.54, 1.807) is 36.4 Å². The Morgan fingerprint density at radius 3 is 2.56 bits per heavy atom. The molecule has 0 saturated heterocycles. The molecule has 0 saturated carbocycles. The Balaban J connectivity index is 1.84. The number of benzene rings is 2. The van der Waals surface area contributed by atoms with Crippen LogP contribution in [0.5, 0.6) is 0 Å². The summed E-state index contributed by atoms with van der Waals surface area (Å²) < 4.78 is 0. The van der Waals surface area contributed by atoms with Crippen LogP contribution in [0.15, 0.2) is 47.6 Å². The Labute approximate surface area is 158 Å². The topological polar surface area (TPSA) is 84.6 Å². The van der Waals surface area contributed by atoms with Crippen LogP contribution in [0, 0.1) is 10.1 Å². The van der Waals surface area contributed by atoms with E-state index in [1.165, 1.54) is 24.0 Å². The summed E-state index contributed by atoms with van der Waals surface area (Å²) in [7, 11) is 0. The third kappa shape index (κ3) is 5.74. The van der Waals surface area contributed by atoms with Crippen LogP contribution in [0.1, 0.15) is 11.1 Å². The number of halogens is 2. The SMILES string of the molecule is O=C(CSCc1c(Cl)cccc1Cl)N/N=C\c1ccccc1[N+](=O)[O-]. The van der Waals surface area contributed by atoms with Crippen LogP contribution >= 0.6 is 35.0 Å². The zero-order valence-corrected chi connectivity index (χ0v) is 15.1. The van der Waals surface area contributed by atoms with Crippen molar-refractivity contribution in [2.45, 2.75) is 5.75 Å². The maximum Gasteiger partial charge on any atom is 0.278 e. The fourth-order valence-corrected chi connectivity index (χ4v) is 3.44. The zero-order valence-electron chi connectivity index (χ0n) is 12.8. The molecule has 0 aliphatic carbocycles. The molecule has 0 bridgehead atoms. The minimum absolute atomic E-state index is 0.0803. The van der Waals surface area contributed by atoms with Crippen molar-refractivity contribution >= 4 is 52.8 Å². The van der Waals surface area contributed by atoms with Gasteiger partial charge >= 0.3 is 0 Å². The minimum Gasteiger partial charge on any atom is -0.272 e. The Hall–Kier alpha value is -2.09. The van der Waals surface area contributed by atoms with Crippen molar-refractivity contribution in [3.8, 4) is 0 Å². The number of carbonyl (C=O) groups is 1. The molecule has 2 aromatic carbocycles. The molecule has 25 heavy (non-hydrogen) atoms. The maximum atomic E-state index is 11.8. The lowest BCUT2D eigenvalue weighted by molar-refractivity contribution is -0.385. The Bertz CT molecular complexity index is 795. The summed E-state index contributed by atoms with van der Waals surface area (Å²) in [6.45, 7) is 0. The first-order chi connectivity index (χ1) is 12.0. The number of rotatable bonds is 7. The van der Waals surface area contributed by atoms with E-state index in [9.17, 15) is 14.9 Å². The van der Waals surface area contributed by atoms with Crippen LogP contribution in [0.25, 0.3) is 0 Å². The number of nitro benzene ring substituents is 1. The fraction of sp³-hybridized carbons (Fsp3) is 0.125. The van der Waals surface area contributed by atoms with Crippen molar-refractivity contribution in [3.05, 3.63) is 73.8 Å². The molecular formula is C16H13Cl2N3O3S. The number of hydrazone groups is 1. The van der Waals surface area contributed by atoms with Crippen molar-refractivity contribution in [1.82, 2.24) is 5.43 Å². The van der Waals surface area contributed by atoms with E-state index in [0.717, 1.165) is 5.56 Å². The molecule has 2 rings (SSSR count). The van der Waals surface area contributed by atoms with Crippen LogP contribution in [-0.4, -0.2) is 22.8 Å². The number of thioether (sulfide) groups is 1. The van der Waals surface area contributed by atoms with E-state index in [1.807, 2.05) is 0 Å². The van der Waals surface area contributed by atoms with E-state index in [0.29, 0.717) is 21.4 Å². The van der Waals surface area contributed by atoms with Gasteiger partial charge in [-0.3, -0.25) is 14.9 Å². The van der Waals surface area contributed by atoms with Gasteiger partial charge in [0.05, 0.1) is 22.5 Å². The lowest BCUT2D eigenvalue weighted by Crippen LogP contribution is -2.19.